The maximum absolute atomic E-state index is 13.0. The van der Waals surface area contributed by atoms with Gasteiger partial charge in [0.15, 0.2) is 0 Å². The third-order valence-electron chi connectivity index (χ3n) is 3.33. The van der Waals surface area contributed by atoms with Gasteiger partial charge in [-0.25, -0.2) is 17.5 Å². The summed E-state index contributed by atoms with van der Waals surface area (Å²) in [5.41, 5.74) is -0.717. The number of halogens is 1. The minimum Gasteiger partial charge on any atom is -0.389 e. The molecule has 0 spiro atoms. The molecule has 0 heterocycles. The van der Waals surface area contributed by atoms with Crippen LogP contribution in [-0.4, -0.2) is 25.7 Å². The second-order valence-corrected chi connectivity index (χ2v) is 6.40. The molecular weight excluding hydrogens is 269 g/mol. The molecule has 0 bridgehead atoms. The van der Waals surface area contributed by atoms with E-state index in [1.165, 1.54) is 19.1 Å². The summed E-state index contributed by atoms with van der Waals surface area (Å²) in [4.78, 5) is 0.0310. The predicted octanol–water partition coefficient (Wildman–Crippen LogP) is 1.96. The molecule has 0 radical (unpaired) electrons. The minimum atomic E-state index is -3.74. The van der Waals surface area contributed by atoms with Gasteiger partial charge in [-0.15, -0.1) is 0 Å². The molecule has 4 nitrogen and oxygen atoms in total. The van der Waals surface area contributed by atoms with Crippen molar-refractivity contribution in [2.75, 3.05) is 6.54 Å². The number of benzene rings is 1. The molecule has 1 aromatic carbocycles. The van der Waals surface area contributed by atoms with Crippen molar-refractivity contribution in [3.63, 3.8) is 0 Å². The van der Waals surface area contributed by atoms with Crippen molar-refractivity contribution >= 4 is 10.0 Å². The number of nitrogens with one attached hydrogen (secondary N) is 1. The van der Waals surface area contributed by atoms with Crippen molar-refractivity contribution in [2.24, 2.45) is 0 Å². The monoisotopic (exact) mass is 289 g/mol. The standard InChI is InChI=1S/C13H20FNO3S/c1-4-13(16,5-2)9-15-19(17,18)12-7-6-11(14)8-10(12)3/h6-8,15-16H,4-5,9H2,1-3H3. The minimum absolute atomic E-state index is 0.0310. The molecule has 0 fully saturated rings. The molecule has 0 atom stereocenters. The molecule has 0 unspecified atom stereocenters. The van der Waals surface area contributed by atoms with E-state index in [1.807, 2.05) is 0 Å². The van der Waals surface area contributed by atoms with Gasteiger partial charge < -0.3 is 5.11 Å². The lowest BCUT2D eigenvalue weighted by Crippen LogP contribution is -2.42. The van der Waals surface area contributed by atoms with Crippen LogP contribution in [0.1, 0.15) is 32.3 Å². The van der Waals surface area contributed by atoms with Crippen molar-refractivity contribution in [3.8, 4) is 0 Å². The lowest BCUT2D eigenvalue weighted by molar-refractivity contribution is 0.0377. The van der Waals surface area contributed by atoms with Crippen LogP contribution >= 0.6 is 0 Å². The highest BCUT2D eigenvalue weighted by Gasteiger charge is 2.26. The van der Waals surface area contributed by atoms with E-state index in [0.717, 1.165) is 6.07 Å². The third-order valence-corrected chi connectivity index (χ3v) is 4.90. The molecule has 0 aliphatic heterocycles. The lowest BCUT2D eigenvalue weighted by atomic mass is 9.98. The van der Waals surface area contributed by atoms with Crippen LogP contribution in [0.2, 0.25) is 0 Å². The molecule has 1 aromatic rings. The number of aryl methyl sites for hydroxylation is 1. The second-order valence-electron chi connectivity index (χ2n) is 4.67. The van der Waals surface area contributed by atoms with Crippen molar-refractivity contribution in [2.45, 2.75) is 44.1 Å². The largest absolute Gasteiger partial charge is 0.389 e. The summed E-state index contributed by atoms with van der Waals surface area (Å²) in [7, 11) is -3.74. The highest BCUT2D eigenvalue weighted by atomic mass is 32.2. The van der Waals surface area contributed by atoms with Gasteiger partial charge in [-0.1, -0.05) is 13.8 Å². The fourth-order valence-corrected chi connectivity index (χ4v) is 3.07. The fourth-order valence-electron chi connectivity index (χ4n) is 1.72. The SMILES string of the molecule is CCC(O)(CC)CNS(=O)(=O)c1ccc(F)cc1C. The molecular formula is C13H20FNO3S. The Morgan fingerprint density at radius 2 is 1.89 bits per heavy atom. The van der Waals surface area contributed by atoms with Crippen LogP contribution in [0.4, 0.5) is 4.39 Å². The zero-order valence-electron chi connectivity index (χ0n) is 11.4. The molecule has 0 amide bonds. The summed E-state index contributed by atoms with van der Waals surface area (Å²) in [6, 6.07) is 3.50. The molecule has 108 valence electrons. The number of hydrogen-bond donors (Lipinski definition) is 2. The molecule has 1 rings (SSSR count). The first-order chi connectivity index (χ1) is 8.74. The molecule has 19 heavy (non-hydrogen) atoms. The van der Waals surface area contributed by atoms with Gasteiger partial charge >= 0.3 is 0 Å². The van der Waals surface area contributed by atoms with Crippen molar-refractivity contribution in [1.82, 2.24) is 4.72 Å². The van der Waals surface area contributed by atoms with Crippen LogP contribution in [0, 0.1) is 12.7 Å². The predicted molar refractivity (Wildman–Crippen MR) is 71.9 cm³/mol. The quantitative estimate of drug-likeness (QED) is 0.841. The molecule has 0 aliphatic carbocycles. The first kappa shape index (κ1) is 16.1. The van der Waals surface area contributed by atoms with E-state index in [-0.39, 0.29) is 11.4 Å². The van der Waals surface area contributed by atoms with Gasteiger partial charge in [0.25, 0.3) is 0 Å². The fraction of sp³-hybridized carbons (Fsp3) is 0.538. The number of rotatable bonds is 6. The highest BCUT2D eigenvalue weighted by Crippen LogP contribution is 2.18. The lowest BCUT2D eigenvalue weighted by Gasteiger charge is -2.25. The average Bonchev–Trinajstić information content (AvgIpc) is 2.35. The van der Waals surface area contributed by atoms with Gasteiger partial charge in [0.2, 0.25) is 10.0 Å². The summed E-state index contributed by atoms with van der Waals surface area (Å²) in [6.07, 6.45) is 0.906. The Bertz CT molecular complexity index is 539. The Morgan fingerprint density at radius 1 is 1.32 bits per heavy atom. The van der Waals surface area contributed by atoms with E-state index in [1.54, 1.807) is 13.8 Å². The van der Waals surface area contributed by atoms with Crippen LogP contribution < -0.4 is 4.72 Å². The topological polar surface area (TPSA) is 66.4 Å². The van der Waals surface area contributed by atoms with E-state index < -0.39 is 21.4 Å². The van der Waals surface area contributed by atoms with E-state index in [2.05, 4.69) is 4.72 Å². The Labute approximate surface area is 113 Å². The van der Waals surface area contributed by atoms with Crippen molar-refractivity contribution in [1.29, 1.82) is 0 Å². The summed E-state index contributed by atoms with van der Waals surface area (Å²) in [5, 5.41) is 10.1. The summed E-state index contributed by atoms with van der Waals surface area (Å²) >= 11 is 0. The molecule has 2 N–H and O–H groups in total. The van der Waals surface area contributed by atoms with E-state index >= 15 is 0 Å². The summed E-state index contributed by atoms with van der Waals surface area (Å²) in [5.74, 6) is -0.477. The highest BCUT2D eigenvalue weighted by molar-refractivity contribution is 7.89. The first-order valence-electron chi connectivity index (χ1n) is 6.22. The second kappa shape index (κ2) is 5.98. The Kier molecular flexibility index (Phi) is 5.06. The summed E-state index contributed by atoms with van der Waals surface area (Å²) < 4.78 is 39.5. The Hall–Kier alpha value is -0.980. The summed E-state index contributed by atoms with van der Waals surface area (Å²) in [6.45, 7) is 5.06. The van der Waals surface area contributed by atoms with Crippen LogP contribution in [0.5, 0.6) is 0 Å². The van der Waals surface area contributed by atoms with Gasteiger partial charge in [-0.3, -0.25) is 0 Å². The van der Waals surface area contributed by atoms with Gasteiger partial charge in [-0.05, 0) is 43.5 Å². The van der Waals surface area contributed by atoms with E-state index in [4.69, 9.17) is 0 Å². The van der Waals surface area contributed by atoms with Crippen LogP contribution in [0.15, 0.2) is 23.1 Å². The van der Waals surface area contributed by atoms with Crippen molar-refractivity contribution < 1.29 is 17.9 Å². The molecule has 6 heteroatoms. The van der Waals surface area contributed by atoms with Crippen LogP contribution in [0.25, 0.3) is 0 Å². The number of sulfonamides is 1. The Morgan fingerprint density at radius 3 is 2.37 bits per heavy atom. The zero-order chi connectivity index (χ0) is 14.7. The first-order valence-corrected chi connectivity index (χ1v) is 7.70. The van der Waals surface area contributed by atoms with Gasteiger partial charge in [0.1, 0.15) is 5.82 Å². The number of hydrogen-bond acceptors (Lipinski definition) is 3. The number of aliphatic hydroxyl groups is 1. The average molecular weight is 289 g/mol. The third kappa shape index (κ3) is 3.99. The zero-order valence-corrected chi connectivity index (χ0v) is 12.2. The van der Waals surface area contributed by atoms with Gasteiger partial charge in [-0.2, -0.15) is 0 Å². The van der Waals surface area contributed by atoms with E-state index in [9.17, 15) is 17.9 Å². The molecule has 0 saturated heterocycles. The van der Waals surface area contributed by atoms with Crippen LogP contribution in [0.3, 0.4) is 0 Å². The van der Waals surface area contributed by atoms with Crippen molar-refractivity contribution in [3.05, 3.63) is 29.6 Å². The van der Waals surface area contributed by atoms with Gasteiger partial charge in [0.05, 0.1) is 10.5 Å². The normalized spacial score (nSPS) is 12.7. The Balaban J connectivity index is 2.93. The molecule has 0 aromatic heterocycles. The smallest absolute Gasteiger partial charge is 0.240 e. The molecule has 0 saturated carbocycles. The van der Waals surface area contributed by atoms with E-state index in [0.29, 0.717) is 18.4 Å². The maximum Gasteiger partial charge on any atom is 0.240 e. The van der Waals surface area contributed by atoms with Crippen LogP contribution in [-0.2, 0) is 10.0 Å². The van der Waals surface area contributed by atoms with Gasteiger partial charge in [0, 0.05) is 6.54 Å². The maximum atomic E-state index is 13.0. The molecule has 0 aliphatic rings.